The molecule has 1 aliphatic carbocycles. The molecule has 2 rings (SSSR count). The molecule has 0 aromatic heterocycles. The van der Waals surface area contributed by atoms with Gasteiger partial charge in [0, 0.05) is 18.6 Å². The zero-order valence-electron chi connectivity index (χ0n) is 12.5. The number of hydrogen-bond acceptors (Lipinski definition) is 2. The van der Waals surface area contributed by atoms with E-state index in [0.717, 1.165) is 18.0 Å². The molecule has 1 heterocycles. The van der Waals surface area contributed by atoms with Gasteiger partial charge in [0.25, 0.3) is 0 Å². The standard InChI is InChI=1S/C16H32N2/c1-3-6-14-8-10-15(11-9-14)17-16-7-5-12-18(4-2)13-16/h14-17H,3-13H2,1-2H3. The molecule has 2 fully saturated rings. The zero-order chi connectivity index (χ0) is 12.8. The first-order valence-electron chi connectivity index (χ1n) is 8.30. The molecule has 1 atom stereocenters. The molecule has 106 valence electrons. The van der Waals surface area contributed by atoms with E-state index in [2.05, 4.69) is 24.1 Å². The maximum Gasteiger partial charge on any atom is 0.0198 e. The second-order valence-electron chi connectivity index (χ2n) is 6.41. The normalized spacial score (nSPS) is 34.7. The van der Waals surface area contributed by atoms with Crippen molar-refractivity contribution in [3.05, 3.63) is 0 Å². The Morgan fingerprint density at radius 1 is 1.00 bits per heavy atom. The predicted octanol–water partition coefficient (Wildman–Crippen LogP) is 3.42. The van der Waals surface area contributed by atoms with Crippen molar-refractivity contribution in [3.8, 4) is 0 Å². The van der Waals surface area contributed by atoms with Crippen LogP contribution in [0, 0.1) is 5.92 Å². The Balaban J connectivity index is 1.67. The smallest absolute Gasteiger partial charge is 0.0198 e. The first-order valence-corrected chi connectivity index (χ1v) is 8.30. The maximum atomic E-state index is 3.94. The summed E-state index contributed by atoms with van der Waals surface area (Å²) in [6, 6.07) is 1.59. The minimum Gasteiger partial charge on any atom is -0.310 e. The molecule has 2 heteroatoms. The number of piperidine rings is 1. The van der Waals surface area contributed by atoms with E-state index in [0.29, 0.717) is 0 Å². The number of likely N-dealkylation sites (tertiary alicyclic amines) is 1. The van der Waals surface area contributed by atoms with Crippen molar-refractivity contribution in [3.63, 3.8) is 0 Å². The van der Waals surface area contributed by atoms with Gasteiger partial charge in [-0.1, -0.05) is 26.7 Å². The van der Waals surface area contributed by atoms with Gasteiger partial charge < -0.3 is 10.2 Å². The summed E-state index contributed by atoms with van der Waals surface area (Å²) in [6.45, 7) is 8.44. The molecule has 1 aliphatic heterocycles. The van der Waals surface area contributed by atoms with Gasteiger partial charge in [-0.2, -0.15) is 0 Å². The fourth-order valence-corrected chi connectivity index (χ4v) is 3.84. The summed E-state index contributed by atoms with van der Waals surface area (Å²) in [5, 5.41) is 3.94. The van der Waals surface area contributed by atoms with Gasteiger partial charge in [-0.15, -0.1) is 0 Å². The molecule has 0 aromatic rings. The van der Waals surface area contributed by atoms with Gasteiger partial charge in [-0.25, -0.2) is 0 Å². The molecule has 18 heavy (non-hydrogen) atoms. The number of nitrogens with one attached hydrogen (secondary N) is 1. The van der Waals surface area contributed by atoms with Gasteiger partial charge in [-0.3, -0.25) is 0 Å². The molecule has 1 unspecified atom stereocenters. The number of likely N-dealkylation sites (N-methyl/N-ethyl adjacent to an activating group) is 1. The molecule has 1 saturated heterocycles. The highest BCUT2D eigenvalue weighted by molar-refractivity contribution is 4.84. The van der Waals surface area contributed by atoms with Crippen LogP contribution in [0.15, 0.2) is 0 Å². The Bertz CT molecular complexity index is 221. The van der Waals surface area contributed by atoms with Crippen molar-refractivity contribution < 1.29 is 0 Å². The highest BCUT2D eigenvalue weighted by Gasteiger charge is 2.25. The van der Waals surface area contributed by atoms with Gasteiger partial charge in [0.05, 0.1) is 0 Å². The molecular weight excluding hydrogens is 220 g/mol. The fraction of sp³-hybridized carbons (Fsp3) is 1.00. The summed E-state index contributed by atoms with van der Waals surface area (Å²) < 4.78 is 0. The molecular formula is C16H32N2. The van der Waals surface area contributed by atoms with Crippen LogP contribution in [0.1, 0.15) is 65.2 Å². The van der Waals surface area contributed by atoms with E-state index in [1.54, 1.807) is 0 Å². The molecule has 1 saturated carbocycles. The third-order valence-electron chi connectivity index (χ3n) is 4.97. The Morgan fingerprint density at radius 2 is 1.78 bits per heavy atom. The van der Waals surface area contributed by atoms with Gasteiger partial charge >= 0.3 is 0 Å². The van der Waals surface area contributed by atoms with Crippen LogP contribution in [0.25, 0.3) is 0 Å². The van der Waals surface area contributed by atoms with Gasteiger partial charge in [0.1, 0.15) is 0 Å². The molecule has 1 N–H and O–H groups in total. The summed E-state index contributed by atoms with van der Waals surface area (Å²) in [5.41, 5.74) is 0. The number of nitrogens with zero attached hydrogens (tertiary/aromatic N) is 1. The van der Waals surface area contributed by atoms with E-state index >= 15 is 0 Å². The molecule has 0 radical (unpaired) electrons. The molecule has 0 bridgehead atoms. The van der Waals surface area contributed by atoms with Crippen molar-refractivity contribution in [2.24, 2.45) is 5.92 Å². The number of rotatable bonds is 5. The molecule has 2 nitrogen and oxygen atoms in total. The lowest BCUT2D eigenvalue weighted by Crippen LogP contribution is -2.49. The van der Waals surface area contributed by atoms with Crippen LogP contribution in [0.4, 0.5) is 0 Å². The first-order chi connectivity index (χ1) is 8.81. The van der Waals surface area contributed by atoms with Gasteiger partial charge in [-0.05, 0) is 57.5 Å². The average Bonchev–Trinajstić information content (AvgIpc) is 2.42. The van der Waals surface area contributed by atoms with E-state index in [9.17, 15) is 0 Å². The summed E-state index contributed by atoms with van der Waals surface area (Å²) >= 11 is 0. The van der Waals surface area contributed by atoms with E-state index in [1.807, 2.05) is 0 Å². The molecule has 0 aromatic carbocycles. The summed E-state index contributed by atoms with van der Waals surface area (Å²) in [7, 11) is 0. The Kier molecular flexibility index (Phi) is 5.97. The Labute approximate surface area is 114 Å². The third kappa shape index (κ3) is 4.24. The first kappa shape index (κ1) is 14.3. The monoisotopic (exact) mass is 252 g/mol. The van der Waals surface area contributed by atoms with Gasteiger partial charge in [0.2, 0.25) is 0 Å². The van der Waals surface area contributed by atoms with E-state index in [1.165, 1.54) is 71.0 Å². The van der Waals surface area contributed by atoms with Crippen LogP contribution in [-0.4, -0.2) is 36.6 Å². The SMILES string of the molecule is CCCC1CCC(NC2CCCN(CC)C2)CC1. The van der Waals surface area contributed by atoms with Crippen molar-refractivity contribution in [1.82, 2.24) is 10.2 Å². The molecule has 0 spiro atoms. The van der Waals surface area contributed by atoms with E-state index in [4.69, 9.17) is 0 Å². The predicted molar refractivity (Wildman–Crippen MR) is 78.9 cm³/mol. The molecule has 0 amide bonds. The fourth-order valence-electron chi connectivity index (χ4n) is 3.84. The summed E-state index contributed by atoms with van der Waals surface area (Å²) in [6.07, 6.45) is 11.4. The maximum absolute atomic E-state index is 3.94. The third-order valence-corrected chi connectivity index (χ3v) is 4.97. The van der Waals surface area contributed by atoms with Crippen LogP contribution in [-0.2, 0) is 0 Å². The number of hydrogen-bond donors (Lipinski definition) is 1. The lowest BCUT2D eigenvalue weighted by molar-refractivity contribution is 0.174. The van der Waals surface area contributed by atoms with Crippen LogP contribution < -0.4 is 5.32 Å². The van der Waals surface area contributed by atoms with Crippen molar-refractivity contribution >= 4 is 0 Å². The highest BCUT2D eigenvalue weighted by atomic mass is 15.2. The van der Waals surface area contributed by atoms with Crippen molar-refractivity contribution in [2.75, 3.05) is 19.6 Å². The van der Waals surface area contributed by atoms with Crippen molar-refractivity contribution in [2.45, 2.75) is 77.3 Å². The Hall–Kier alpha value is -0.0800. The summed E-state index contributed by atoms with van der Waals surface area (Å²) in [4.78, 5) is 2.60. The van der Waals surface area contributed by atoms with Crippen LogP contribution in [0.5, 0.6) is 0 Å². The second kappa shape index (κ2) is 7.49. The van der Waals surface area contributed by atoms with E-state index < -0.39 is 0 Å². The molecule has 2 aliphatic rings. The van der Waals surface area contributed by atoms with Crippen LogP contribution in [0.3, 0.4) is 0 Å². The van der Waals surface area contributed by atoms with E-state index in [-0.39, 0.29) is 0 Å². The average molecular weight is 252 g/mol. The largest absolute Gasteiger partial charge is 0.310 e. The topological polar surface area (TPSA) is 15.3 Å². The Morgan fingerprint density at radius 3 is 2.44 bits per heavy atom. The highest BCUT2D eigenvalue weighted by Crippen LogP contribution is 2.28. The van der Waals surface area contributed by atoms with Gasteiger partial charge in [0.15, 0.2) is 0 Å². The minimum atomic E-state index is 0.770. The quantitative estimate of drug-likeness (QED) is 0.806. The summed E-state index contributed by atoms with van der Waals surface area (Å²) in [5.74, 6) is 1.03. The zero-order valence-corrected chi connectivity index (χ0v) is 12.5. The van der Waals surface area contributed by atoms with Crippen LogP contribution in [0.2, 0.25) is 0 Å². The van der Waals surface area contributed by atoms with Crippen LogP contribution >= 0.6 is 0 Å². The second-order valence-corrected chi connectivity index (χ2v) is 6.41. The minimum absolute atomic E-state index is 0.770. The lowest BCUT2D eigenvalue weighted by Gasteiger charge is -2.37. The lowest BCUT2D eigenvalue weighted by atomic mass is 9.83. The van der Waals surface area contributed by atoms with Crippen molar-refractivity contribution in [1.29, 1.82) is 0 Å².